The molecule has 0 aliphatic heterocycles. The lowest BCUT2D eigenvalue weighted by Crippen LogP contribution is -2.35. The van der Waals surface area contributed by atoms with Gasteiger partial charge in [-0.2, -0.15) is 5.21 Å². The van der Waals surface area contributed by atoms with Crippen LogP contribution in [-0.4, -0.2) is 36.7 Å². The first-order valence-electron chi connectivity index (χ1n) is 6.95. The van der Waals surface area contributed by atoms with E-state index in [4.69, 9.17) is 5.73 Å². The molecule has 8 heteroatoms. The lowest BCUT2D eigenvalue weighted by Gasteiger charge is -2.32. The zero-order chi connectivity index (χ0) is 16.3. The van der Waals surface area contributed by atoms with Gasteiger partial charge >= 0.3 is 5.97 Å². The van der Waals surface area contributed by atoms with Gasteiger partial charge in [0.2, 0.25) is 0 Å². The molecule has 0 radical (unpaired) electrons. The fraction of sp³-hybridized carbons (Fsp3) is 0.500. The number of nitrogens with one attached hydrogen (secondary N) is 1. The highest BCUT2D eigenvalue weighted by Crippen LogP contribution is 2.38. The van der Waals surface area contributed by atoms with Crippen LogP contribution in [0, 0.1) is 11.3 Å². The Morgan fingerprint density at radius 2 is 2.14 bits per heavy atom. The molecule has 0 bridgehead atoms. The molecule has 2 heterocycles. The van der Waals surface area contributed by atoms with Gasteiger partial charge in [-0.1, -0.05) is 32.1 Å². The van der Waals surface area contributed by atoms with Crippen LogP contribution in [0.5, 0.6) is 0 Å². The number of nitrogens with zero attached hydrogens (tertiary/aromatic N) is 4. The van der Waals surface area contributed by atoms with Gasteiger partial charge in [0, 0.05) is 12.1 Å². The van der Waals surface area contributed by atoms with Crippen LogP contribution in [0.2, 0.25) is 0 Å². The van der Waals surface area contributed by atoms with Crippen molar-refractivity contribution >= 4 is 11.8 Å². The van der Waals surface area contributed by atoms with E-state index >= 15 is 0 Å². The van der Waals surface area contributed by atoms with E-state index in [9.17, 15) is 9.90 Å². The first-order chi connectivity index (χ1) is 10.3. The number of rotatable bonds is 5. The Bertz CT molecular complexity index is 618. The highest BCUT2D eigenvalue weighted by atomic mass is 16.4. The molecule has 0 saturated heterocycles. The molecule has 1 unspecified atom stereocenters. The summed E-state index contributed by atoms with van der Waals surface area (Å²) in [5, 5.41) is 23.6. The number of nitrogen functional groups attached to an aromatic ring is 1. The normalized spacial score (nSPS) is 14.5. The van der Waals surface area contributed by atoms with E-state index in [-0.39, 0.29) is 0 Å². The highest BCUT2D eigenvalue weighted by Gasteiger charge is 2.40. The number of nitrogens with two attached hydrogens (primary N) is 1. The van der Waals surface area contributed by atoms with Crippen LogP contribution in [0.4, 0.5) is 5.82 Å². The molecule has 2 atom stereocenters. The van der Waals surface area contributed by atoms with Crippen LogP contribution in [0.1, 0.15) is 38.1 Å². The summed E-state index contributed by atoms with van der Waals surface area (Å²) in [6.07, 6.45) is 2.09. The number of carboxylic acid groups (broad SMARTS) is 1. The lowest BCUT2D eigenvalue weighted by molar-refractivity contribution is -0.146. The Morgan fingerprint density at radius 1 is 1.41 bits per heavy atom. The standard InChI is InChI=1S/C14H20N6O2/c1-14(2,3)11(13(21)22)9(12-17-19-20-18-12)6-8-4-5-10(15)16-7-8/h4-5,7,9,11H,6H2,1-3H3,(H2,15,16)(H,21,22)(H,17,18,19,20)/t9-,11?/m0/s1. The largest absolute Gasteiger partial charge is 0.481 e. The van der Waals surface area contributed by atoms with E-state index in [1.807, 2.05) is 26.8 Å². The van der Waals surface area contributed by atoms with Gasteiger partial charge < -0.3 is 10.8 Å². The fourth-order valence-electron chi connectivity index (χ4n) is 2.64. The molecule has 0 aromatic carbocycles. The average Bonchev–Trinajstić information content (AvgIpc) is 2.92. The van der Waals surface area contributed by atoms with Crippen LogP contribution in [0.25, 0.3) is 0 Å². The Hall–Kier alpha value is -2.51. The first kappa shape index (κ1) is 15.9. The number of tetrazole rings is 1. The van der Waals surface area contributed by atoms with Crippen LogP contribution in [0.15, 0.2) is 18.3 Å². The molecule has 2 aromatic rings. The zero-order valence-electron chi connectivity index (χ0n) is 12.8. The molecule has 2 rings (SSSR count). The van der Waals surface area contributed by atoms with Gasteiger partial charge in [-0.25, -0.2) is 4.98 Å². The Morgan fingerprint density at radius 3 is 2.59 bits per heavy atom. The predicted molar refractivity (Wildman–Crippen MR) is 79.9 cm³/mol. The van der Waals surface area contributed by atoms with E-state index < -0.39 is 23.2 Å². The Kier molecular flexibility index (Phi) is 4.39. The minimum atomic E-state index is -0.884. The van der Waals surface area contributed by atoms with Gasteiger partial charge in [0.1, 0.15) is 5.82 Å². The van der Waals surface area contributed by atoms with Gasteiger partial charge in [0.15, 0.2) is 5.82 Å². The van der Waals surface area contributed by atoms with Gasteiger partial charge in [-0.15, -0.1) is 10.2 Å². The zero-order valence-corrected chi connectivity index (χ0v) is 12.8. The number of hydrogen-bond donors (Lipinski definition) is 3. The molecular weight excluding hydrogens is 284 g/mol. The quantitative estimate of drug-likeness (QED) is 0.757. The molecule has 0 amide bonds. The van der Waals surface area contributed by atoms with E-state index in [1.165, 1.54) is 0 Å². The van der Waals surface area contributed by atoms with Crippen molar-refractivity contribution in [2.75, 3.05) is 5.73 Å². The van der Waals surface area contributed by atoms with Crippen molar-refractivity contribution in [2.24, 2.45) is 11.3 Å². The van der Waals surface area contributed by atoms with Crippen molar-refractivity contribution in [3.05, 3.63) is 29.7 Å². The second-order valence-electron chi connectivity index (χ2n) is 6.35. The van der Waals surface area contributed by atoms with Crippen molar-refractivity contribution in [3.8, 4) is 0 Å². The number of anilines is 1. The van der Waals surface area contributed by atoms with Crippen molar-refractivity contribution in [1.29, 1.82) is 0 Å². The second kappa shape index (κ2) is 6.08. The fourth-order valence-corrected chi connectivity index (χ4v) is 2.64. The molecule has 8 nitrogen and oxygen atoms in total. The smallest absolute Gasteiger partial charge is 0.307 e. The summed E-state index contributed by atoms with van der Waals surface area (Å²) in [5.41, 5.74) is 6.00. The second-order valence-corrected chi connectivity index (χ2v) is 6.35. The first-order valence-corrected chi connectivity index (χ1v) is 6.95. The molecule has 0 aliphatic rings. The molecule has 4 N–H and O–H groups in total. The van der Waals surface area contributed by atoms with E-state index in [0.29, 0.717) is 18.1 Å². The van der Waals surface area contributed by atoms with Crippen molar-refractivity contribution < 1.29 is 9.90 Å². The summed E-state index contributed by atoms with van der Waals surface area (Å²) in [6.45, 7) is 5.67. The summed E-state index contributed by atoms with van der Waals surface area (Å²) in [4.78, 5) is 15.9. The molecule has 0 saturated carbocycles. The maximum absolute atomic E-state index is 11.8. The topological polar surface area (TPSA) is 131 Å². The SMILES string of the molecule is CC(C)(C)C(C(=O)O)[C@H](Cc1ccc(N)nc1)c1nn[nH]n1. The van der Waals surface area contributed by atoms with Crippen molar-refractivity contribution in [1.82, 2.24) is 25.6 Å². The van der Waals surface area contributed by atoms with Crippen LogP contribution < -0.4 is 5.73 Å². The van der Waals surface area contributed by atoms with E-state index in [0.717, 1.165) is 5.56 Å². The molecule has 118 valence electrons. The average molecular weight is 304 g/mol. The molecule has 22 heavy (non-hydrogen) atoms. The maximum Gasteiger partial charge on any atom is 0.307 e. The molecule has 0 spiro atoms. The highest BCUT2D eigenvalue weighted by molar-refractivity contribution is 5.72. The van der Waals surface area contributed by atoms with Crippen LogP contribution >= 0.6 is 0 Å². The van der Waals surface area contributed by atoms with E-state index in [1.54, 1.807) is 12.3 Å². The maximum atomic E-state index is 11.8. The predicted octanol–water partition coefficient (Wildman–Crippen LogP) is 1.25. The minimum Gasteiger partial charge on any atom is -0.481 e. The number of aromatic amines is 1. The molecule has 0 fully saturated rings. The summed E-state index contributed by atoms with van der Waals surface area (Å²) in [6, 6.07) is 3.52. The Balaban J connectivity index is 2.38. The minimum absolute atomic E-state index is 0.388. The number of aromatic nitrogens is 5. The monoisotopic (exact) mass is 304 g/mol. The lowest BCUT2D eigenvalue weighted by atomic mass is 9.71. The summed E-state index contributed by atoms with van der Waals surface area (Å²) >= 11 is 0. The van der Waals surface area contributed by atoms with Gasteiger partial charge in [-0.3, -0.25) is 4.79 Å². The number of carbonyl (C=O) groups is 1. The molecule has 2 aromatic heterocycles. The summed E-state index contributed by atoms with van der Waals surface area (Å²) in [5.74, 6) is -1.15. The third kappa shape index (κ3) is 3.57. The number of carboxylic acids is 1. The third-order valence-corrected chi connectivity index (χ3v) is 3.60. The number of aliphatic carboxylic acids is 1. The third-order valence-electron chi connectivity index (χ3n) is 3.60. The Labute approximate surface area is 128 Å². The van der Waals surface area contributed by atoms with Gasteiger partial charge in [0.25, 0.3) is 0 Å². The van der Waals surface area contributed by atoms with Gasteiger partial charge in [-0.05, 0) is 23.5 Å². The number of H-pyrrole nitrogens is 1. The molecular formula is C14H20N6O2. The van der Waals surface area contributed by atoms with Crippen molar-refractivity contribution in [3.63, 3.8) is 0 Å². The van der Waals surface area contributed by atoms with Crippen LogP contribution in [-0.2, 0) is 11.2 Å². The van der Waals surface area contributed by atoms with E-state index in [2.05, 4.69) is 25.6 Å². The number of hydrogen-bond acceptors (Lipinski definition) is 6. The summed E-state index contributed by atoms with van der Waals surface area (Å²) < 4.78 is 0. The van der Waals surface area contributed by atoms with Crippen molar-refractivity contribution in [2.45, 2.75) is 33.1 Å². The van der Waals surface area contributed by atoms with Crippen LogP contribution in [0.3, 0.4) is 0 Å². The number of pyridine rings is 1. The molecule has 0 aliphatic carbocycles. The summed E-state index contributed by atoms with van der Waals surface area (Å²) in [7, 11) is 0. The van der Waals surface area contributed by atoms with Gasteiger partial charge in [0.05, 0.1) is 5.92 Å².